The van der Waals surface area contributed by atoms with Crippen molar-refractivity contribution in [2.75, 3.05) is 12.4 Å². The third kappa shape index (κ3) is 4.95. The summed E-state index contributed by atoms with van der Waals surface area (Å²) in [4.78, 5) is 34.0. The summed E-state index contributed by atoms with van der Waals surface area (Å²) in [6.45, 7) is 2.02. The van der Waals surface area contributed by atoms with E-state index in [-0.39, 0.29) is 30.3 Å². The normalized spacial score (nSPS) is 21.5. The lowest BCUT2D eigenvalue weighted by Gasteiger charge is -2.32. The molecule has 2 saturated carbocycles. The summed E-state index contributed by atoms with van der Waals surface area (Å²) in [5, 5.41) is 19.7. The van der Waals surface area contributed by atoms with Crippen molar-refractivity contribution in [1.82, 2.24) is 25.1 Å². The largest absolute Gasteiger partial charge is 0.480 e. The van der Waals surface area contributed by atoms with E-state index in [9.17, 15) is 14.7 Å². The van der Waals surface area contributed by atoms with Gasteiger partial charge in [0.15, 0.2) is 5.82 Å². The number of amides is 2. The zero-order valence-corrected chi connectivity index (χ0v) is 17.7. The molecule has 2 aliphatic carbocycles. The summed E-state index contributed by atoms with van der Waals surface area (Å²) in [6, 6.07) is 1.92. The molecule has 2 aromatic rings. The number of carboxylic acid groups (broad SMARTS) is 1. The van der Waals surface area contributed by atoms with Gasteiger partial charge in [0.05, 0.1) is 31.6 Å². The van der Waals surface area contributed by atoms with E-state index < -0.39 is 6.09 Å². The number of carbonyl (C=O) groups is 2. The quantitative estimate of drug-likeness (QED) is 0.589. The van der Waals surface area contributed by atoms with Crippen LogP contribution in [-0.4, -0.2) is 61.4 Å². The van der Waals surface area contributed by atoms with E-state index in [4.69, 9.17) is 4.74 Å². The van der Waals surface area contributed by atoms with E-state index >= 15 is 0 Å². The molecule has 0 bridgehead atoms. The van der Waals surface area contributed by atoms with Gasteiger partial charge in [-0.1, -0.05) is 0 Å². The van der Waals surface area contributed by atoms with E-state index in [0.29, 0.717) is 23.3 Å². The molecule has 2 heterocycles. The molecular formula is C21H28N6O4. The number of nitrogens with zero attached hydrogens (tertiary/aromatic N) is 4. The zero-order valence-electron chi connectivity index (χ0n) is 17.7. The lowest BCUT2D eigenvalue weighted by Crippen LogP contribution is -2.45. The van der Waals surface area contributed by atoms with Crippen LogP contribution in [0.5, 0.6) is 5.88 Å². The molecule has 2 aromatic heterocycles. The minimum Gasteiger partial charge on any atom is -0.480 e. The van der Waals surface area contributed by atoms with Gasteiger partial charge >= 0.3 is 6.09 Å². The highest BCUT2D eigenvalue weighted by Crippen LogP contribution is 2.41. The first-order chi connectivity index (χ1) is 14.9. The minimum atomic E-state index is -0.829. The summed E-state index contributed by atoms with van der Waals surface area (Å²) >= 11 is 0. The highest BCUT2D eigenvalue weighted by atomic mass is 16.5. The van der Waals surface area contributed by atoms with Crippen LogP contribution in [0.15, 0.2) is 18.5 Å². The number of aromatic nitrogens is 4. The number of aromatic amines is 1. The van der Waals surface area contributed by atoms with Crippen molar-refractivity contribution in [3.05, 3.63) is 29.8 Å². The van der Waals surface area contributed by atoms with Crippen LogP contribution in [0.1, 0.15) is 56.3 Å². The van der Waals surface area contributed by atoms with E-state index in [2.05, 4.69) is 25.5 Å². The highest BCUT2D eigenvalue weighted by Gasteiger charge is 2.41. The average molecular weight is 428 g/mol. The molecular weight excluding hydrogens is 400 g/mol. The Morgan fingerprint density at radius 1 is 1.29 bits per heavy atom. The molecule has 2 amide bonds. The van der Waals surface area contributed by atoms with Gasteiger partial charge in [0, 0.05) is 29.8 Å². The van der Waals surface area contributed by atoms with Crippen molar-refractivity contribution in [3.63, 3.8) is 0 Å². The summed E-state index contributed by atoms with van der Waals surface area (Å²) in [7, 11) is 1.50. The zero-order chi connectivity index (χ0) is 22.0. The second kappa shape index (κ2) is 8.91. The number of hydrogen-bond donors (Lipinski definition) is 3. The molecule has 4 rings (SSSR count). The number of carbonyl (C=O) groups excluding carboxylic acids is 1. The van der Waals surface area contributed by atoms with Crippen LogP contribution in [0.3, 0.4) is 0 Å². The van der Waals surface area contributed by atoms with Crippen LogP contribution in [0.4, 0.5) is 10.6 Å². The van der Waals surface area contributed by atoms with Gasteiger partial charge in [0.2, 0.25) is 11.8 Å². The van der Waals surface area contributed by atoms with Gasteiger partial charge in [0.1, 0.15) is 0 Å². The molecule has 2 aliphatic rings. The first-order valence-electron chi connectivity index (χ1n) is 10.7. The molecule has 166 valence electrons. The molecule has 3 atom stereocenters. The molecule has 0 radical (unpaired) electrons. The van der Waals surface area contributed by atoms with Crippen molar-refractivity contribution >= 4 is 17.8 Å². The van der Waals surface area contributed by atoms with E-state index in [1.807, 2.05) is 13.0 Å². The summed E-state index contributed by atoms with van der Waals surface area (Å²) in [5.41, 5.74) is 1.46. The van der Waals surface area contributed by atoms with Crippen LogP contribution in [0.25, 0.3) is 0 Å². The number of methoxy groups -OCH3 is 1. The fourth-order valence-corrected chi connectivity index (χ4v) is 4.46. The first kappa shape index (κ1) is 21.1. The third-order valence-corrected chi connectivity index (χ3v) is 6.30. The Morgan fingerprint density at radius 2 is 2.10 bits per heavy atom. The van der Waals surface area contributed by atoms with E-state index in [0.717, 1.165) is 37.8 Å². The van der Waals surface area contributed by atoms with Crippen molar-refractivity contribution in [1.29, 1.82) is 0 Å². The Kier molecular flexibility index (Phi) is 6.06. The maximum Gasteiger partial charge on any atom is 0.407 e. The van der Waals surface area contributed by atoms with Gasteiger partial charge in [-0.25, -0.2) is 9.78 Å². The number of nitrogens with one attached hydrogen (secondary N) is 2. The van der Waals surface area contributed by atoms with Crippen LogP contribution < -0.4 is 10.1 Å². The number of ether oxygens (including phenoxy) is 1. The topological polar surface area (TPSA) is 133 Å². The highest BCUT2D eigenvalue weighted by molar-refractivity contribution is 5.91. The van der Waals surface area contributed by atoms with Crippen LogP contribution in [0, 0.1) is 5.92 Å². The Labute approximate surface area is 180 Å². The van der Waals surface area contributed by atoms with E-state index in [1.54, 1.807) is 4.90 Å². The van der Waals surface area contributed by atoms with Gasteiger partial charge in [-0.3, -0.25) is 14.9 Å². The predicted molar refractivity (Wildman–Crippen MR) is 112 cm³/mol. The van der Waals surface area contributed by atoms with Crippen molar-refractivity contribution in [2.45, 2.75) is 63.5 Å². The summed E-state index contributed by atoms with van der Waals surface area (Å²) in [6.07, 6.45) is 6.95. The van der Waals surface area contributed by atoms with Crippen molar-refractivity contribution in [2.24, 2.45) is 5.92 Å². The summed E-state index contributed by atoms with van der Waals surface area (Å²) in [5.74, 6) is 1.30. The molecule has 31 heavy (non-hydrogen) atoms. The molecule has 0 aromatic carbocycles. The smallest absolute Gasteiger partial charge is 0.407 e. The molecule has 0 aliphatic heterocycles. The number of anilines is 1. The molecule has 2 fully saturated rings. The Bertz CT molecular complexity index is 926. The van der Waals surface area contributed by atoms with Gasteiger partial charge < -0.3 is 20.1 Å². The van der Waals surface area contributed by atoms with Gasteiger partial charge in [-0.2, -0.15) is 5.10 Å². The van der Waals surface area contributed by atoms with Crippen LogP contribution >= 0.6 is 0 Å². The molecule has 3 N–H and O–H groups in total. The number of hydrogen-bond acceptors (Lipinski definition) is 6. The molecule has 0 spiro atoms. The third-order valence-electron chi connectivity index (χ3n) is 6.30. The fraction of sp³-hybridized carbons (Fsp3) is 0.571. The monoisotopic (exact) mass is 428 g/mol. The Morgan fingerprint density at radius 3 is 2.74 bits per heavy atom. The Balaban J connectivity index is 1.33. The molecule has 10 nitrogen and oxygen atoms in total. The minimum absolute atomic E-state index is 0.0214. The Hall–Kier alpha value is -3.17. The lowest BCUT2D eigenvalue weighted by atomic mass is 10.0. The number of H-pyrrole nitrogens is 1. The van der Waals surface area contributed by atoms with Gasteiger partial charge in [-0.05, 0) is 44.9 Å². The standard InChI is InChI=1S/C21H28N6O4/c1-12(13-3-4-13)27(21(29)30)16-6-5-14(7-16)17-9-18(26-25-17)24-19(28)8-15-10-23-20(31-2)11-22-15/h9-14,16H,3-8H2,1-2H3,(H,29,30)(H2,24,25,26,28)/t12?,14-,16+/m0/s1. The maximum absolute atomic E-state index is 12.3. The van der Waals surface area contributed by atoms with Crippen LogP contribution in [0.2, 0.25) is 0 Å². The lowest BCUT2D eigenvalue weighted by molar-refractivity contribution is -0.115. The fourth-order valence-electron chi connectivity index (χ4n) is 4.46. The summed E-state index contributed by atoms with van der Waals surface area (Å²) < 4.78 is 4.96. The van der Waals surface area contributed by atoms with Crippen LogP contribution in [-0.2, 0) is 11.2 Å². The number of rotatable bonds is 8. The SMILES string of the molecule is COc1cnc(CC(=O)Nc2cc([C@H]3CC[C@@H](N(C(=O)O)C(C)C4CC4)C3)[nH]n2)cn1. The average Bonchev–Trinajstić information content (AvgIpc) is 3.32. The van der Waals surface area contributed by atoms with Crippen molar-refractivity contribution < 1.29 is 19.4 Å². The van der Waals surface area contributed by atoms with Gasteiger partial charge in [0.25, 0.3) is 0 Å². The van der Waals surface area contributed by atoms with Gasteiger partial charge in [-0.15, -0.1) is 0 Å². The second-order valence-electron chi connectivity index (χ2n) is 8.42. The maximum atomic E-state index is 12.3. The first-order valence-corrected chi connectivity index (χ1v) is 10.7. The molecule has 1 unspecified atom stereocenters. The molecule has 10 heteroatoms. The second-order valence-corrected chi connectivity index (χ2v) is 8.42. The van der Waals surface area contributed by atoms with Crippen molar-refractivity contribution in [3.8, 4) is 5.88 Å². The van der Waals surface area contributed by atoms with E-state index in [1.165, 1.54) is 19.5 Å². The predicted octanol–water partition coefficient (Wildman–Crippen LogP) is 2.80. The molecule has 0 saturated heterocycles.